The number of nitrogens with one attached hydrogen (secondary N) is 1. The topological polar surface area (TPSA) is 116 Å². The Bertz CT molecular complexity index is 730. The molecule has 0 spiro atoms. The van der Waals surface area contributed by atoms with Crippen LogP contribution in [0.15, 0.2) is 0 Å². The molecule has 24 heavy (non-hydrogen) atoms. The minimum absolute atomic E-state index is 0.106. The Morgan fingerprint density at radius 3 is 2.92 bits per heavy atom. The Balaban J connectivity index is 1.73. The third-order valence-electron chi connectivity index (χ3n) is 4.57. The van der Waals surface area contributed by atoms with Crippen LogP contribution < -0.4 is 0 Å². The number of hydrogen-bond acceptors (Lipinski definition) is 6. The second-order valence-corrected chi connectivity index (χ2v) is 8.66. The maximum absolute atomic E-state index is 12.7. The molecule has 0 radical (unpaired) electrons. The predicted molar refractivity (Wildman–Crippen MR) is 84.8 cm³/mol. The number of amides is 1. The Kier molecular flexibility index (Phi) is 4.65. The van der Waals surface area contributed by atoms with Crippen LogP contribution in [0.25, 0.3) is 0 Å². The molecule has 2 aliphatic rings. The monoisotopic (exact) mass is 358 g/mol. The average Bonchev–Trinajstić information content (AvgIpc) is 3.10. The molecule has 0 aliphatic carbocycles. The number of rotatable bonds is 4. The molecule has 0 aromatic carbocycles. The fraction of sp³-hybridized carbons (Fsp3) is 0.714. The fourth-order valence-electron chi connectivity index (χ4n) is 3.04. The second kappa shape index (κ2) is 6.43. The van der Waals surface area contributed by atoms with Crippen LogP contribution in [0.5, 0.6) is 0 Å². The van der Waals surface area contributed by atoms with Crippen molar-refractivity contribution < 1.29 is 23.1 Å². The number of fused-ring (bicyclic) bond motifs is 1. The summed E-state index contributed by atoms with van der Waals surface area (Å²) in [6, 6.07) is 0. The molecule has 1 amide bonds. The largest absolute Gasteiger partial charge is 0.391 e. The summed E-state index contributed by atoms with van der Waals surface area (Å²) in [7, 11) is -0.530. The first-order valence-corrected chi connectivity index (χ1v) is 9.42. The second-order valence-electron chi connectivity index (χ2n) is 6.43. The summed E-state index contributed by atoms with van der Waals surface area (Å²) >= 11 is 0. The highest BCUT2D eigenvalue weighted by molar-refractivity contribution is 7.89. The van der Waals surface area contributed by atoms with Crippen molar-refractivity contribution in [2.45, 2.75) is 19.1 Å². The standard InChI is InChI=1S/C14H22N4O5S/c1-17(2)24(21,22)8-9-5-18(6-12(9)19)14(20)13-10-7-23-4-3-11(10)15-16-13/h9,12,19H,3-8H2,1-2H3,(H,15,16)/t9-,12+/m0/s1. The number of aliphatic hydroxyl groups excluding tert-OH is 1. The summed E-state index contributed by atoms with van der Waals surface area (Å²) < 4.78 is 30.5. The highest BCUT2D eigenvalue weighted by Crippen LogP contribution is 2.24. The smallest absolute Gasteiger partial charge is 0.274 e. The van der Waals surface area contributed by atoms with E-state index in [4.69, 9.17) is 4.74 Å². The van der Waals surface area contributed by atoms with Gasteiger partial charge in [0.25, 0.3) is 5.91 Å². The molecular weight excluding hydrogens is 336 g/mol. The van der Waals surface area contributed by atoms with E-state index in [-0.39, 0.29) is 24.7 Å². The van der Waals surface area contributed by atoms with Crippen LogP contribution in [0.3, 0.4) is 0 Å². The van der Waals surface area contributed by atoms with Crippen molar-refractivity contribution in [1.29, 1.82) is 0 Å². The maximum atomic E-state index is 12.7. The number of aliphatic hydroxyl groups is 1. The van der Waals surface area contributed by atoms with Crippen molar-refractivity contribution in [3.8, 4) is 0 Å². The molecule has 10 heteroatoms. The van der Waals surface area contributed by atoms with Gasteiger partial charge in [0.2, 0.25) is 10.0 Å². The third kappa shape index (κ3) is 3.18. The van der Waals surface area contributed by atoms with Crippen LogP contribution in [0.1, 0.15) is 21.7 Å². The lowest BCUT2D eigenvalue weighted by Crippen LogP contribution is -2.34. The Morgan fingerprint density at radius 1 is 1.46 bits per heavy atom. The zero-order chi connectivity index (χ0) is 17.5. The van der Waals surface area contributed by atoms with E-state index in [0.717, 1.165) is 15.6 Å². The number of carbonyl (C=O) groups is 1. The minimum atomic E-state index is -3.44. The van der Waals surface area contributed by atoms with Gasteiger partial charge >= 0.3 is 0 Å². The van der Waals surface area contributed by atoms with Gasteiger partial charge in [-0.2, -0.15) is 5.10 Å². The minimum Gasteiger partial charge on any atom is -0.391 e. The Labute approximate surface area is 140 Å². The van der Waals surface area contributed by atoms with Gasteiger partial charge in [-0.1, -0.05) is 0 Å². The maximum Gasteiger partial charge on any atom is 0.274 e. The molecule has 0 unspecified atom stereocenters. The predicted octanol–water partition coefficient (Wildman–Crippen LogP) is -1.19. The lowest BCUT2D eigenvalue weighted by molar-refractivity contribution is 0.0745. The summed E-state index contributed by atoms with van der Waals surface area (Å²) in [5.74, 6) is -0.999. The van der Waals surface area contributed by atoms with Gasteiger partial charge in [-0.05, 0) is 0 Å². The van der Waals surface area contributed by atoms with Crippen molar-refractivity contribution in [3.05, 3.63) is 17.0 Å². The molecule has 0 bridgehead atoms. The van der Waals surface area contributed by atoms with Crippen LogP contribution in [0.4, 0.5) is 0 Å². The van der Waals surface area contributed by atoms with E-state index >= 15 is 0 Å². The number of H-pyrrole nitrogens is 1. The van der Waals surface area contributed by atoms with E-state index in [1.807, 2.05) is 0 Å². The van der Waals surface area contributed by atoms with Crippen LogP contribution in [0, 0.1) is 5.92 Å². The first kappa shape index (κ1) is 17.3. The highest BCUT2D eigenvalue weighted by atomic mass is 32.2. The van der Waals surface area contributed by atoms with Gasteiger partial charge in [0.1, 0.15) is 0 Å². The van der Waals surface area contributed by atoms with Crippen molar-refractivity contribution in [2.24, 2.45) is 5.92 Å². The number of hydrogen-bond donors (Lipinski definition) is 2. The molecule has 2 aliphatic heterocycles. The number of sulfonamides is 1. The van der Waals surface area contributed by atoms with E-state index in [1.54, 1.807) is 0 Å². The fourth-order valence-corrected chi connectivity index (χ4v) is 4.21. The summed E-state index contributed by atoms with van der Waals surface area (Å²) in [6.45, 7) is 1.22. The van der Waals surface area contributed by atoms with Crippen molar-refractivity contribution in [2.75, 3.05) is 39.5 Å². The van der Waals surface area contributed by atoms with E-state index < -0.39 is 22.0 Å². The third-order valence-corrected chi connectivity index (χ3v) is 6.53. The zero-order valence-corrected chi connectivity index (χ0v) is 14.5. The van der Waals surface area contributed by atoms with Gasteiger partial charge in [0, 0.05) is 50.8 Å². The summed E-state index contributed by atoms with van der Waals surface area (Å²) in [5.41, 5.74) is 1.95. The van der Waals surface area contributed by atoms with Crippen LogP contribution in [-0.4, -0.2) is 84.5 Å². The lowest BCUT2D eigenvalue weighted by Gasteiger charge is -2.18. The lowest BCUT2D eigenvalue weighted by atomic mass is 10.1. The van der Waals surface area contributed by atoms with E-state index in [0.29, 0.717) is 25.3 Å². The number of nitrogens with zero attached hydrogens (tertiary/aromatic N) is 3. The molecule has 134 valence electrons. The number of aromatic amines is 1. The molecule has 1 fully saturated rings. The number of carbonyl (C=O) groups excluding carboxylic acids is 1. The molecule has 1 aromatic rings. The van der Waals surface area contributed by atoms with Gasteiger partial charge in [-0.3, -0.25) is 9.89 Å². The van der Waals surface area contributed by atoms with Gasteiger partial charge in [-0.15, -0.1) is 0 Å². The zero-order valence-electron chi connectivity index (χ0n) is 13.7. The molecule has 3 heterocycles. The average molecular weight is 358 g/mol. The molecule has 3 rings (SSSR count). The number of aromatic nitrogens is 2. The van der Waals surface area contributed by atoms with Gasteiger partial charge in [0.15, 0.2) is 5.69 Å². The molecular formula is C14H22N4O5S. The van der Waals surface area contributed by atoms with E-state index in [1.165, 1.54) is 19.0 Å². The van der Waals surface area contributed by atoms with Crippen LogP contribution in [-0.2, 0) is 27.8 Å². The molecule has 2 atom stereocenters. The summed E-state index contributed by atoms with van der Waals surface area (Å²) in [5, 5.41) is 17.1. The van der Waals surface area contributed by atoms with Crippen molar-refractivity contribution >= 4 is 15.9 Å². The molecule has 1 aromatic heterocycles. The SMILES string of the molecule is CN(C)S(=O)(=O)C[C@@H]1CN(C(=O)c2n[nH]c3c2COCC3)C[C@H]1O. The molecule has 2 N–H and O–H groups in total. The first-order chi connectivity index (χ1) is 11.3. The quantitative estimate of drug-likeness (QED) is 0.699. The normalized spacial score (nSPS) is 24.4. The number of likely N-dealkylation sites (tertiary alicyclic amines) is 1. The van der Waals surface area contributed by atoms with Crippen molar-refractivity contribution in [3.63, 3.8) is 0 Å². The Morgan fingerprint density at radius 2 is 2.21 bits per heavy atom. The van der Waals surface area contributed by atoms with E-state index in [2.05, 4.69) is 10.2 Å². The van der Waals surface area contributed by atoms with E-state index in [9.17, 15) is 18.3 Å². The summed E-state index contributed by atoms with van der Waals surface area (Å²) in [4.78, 5) is 14.2. The molecule has 1 saturated heterocycles. The number of ether oxygens (including phenoxy) is 1. The van der Waals surface area contributed by atoms with Gasteiger partial charge < -0.3 is 14.7 Å². The summed E-state index contributed by atoms with van der Waals surface area (Å²) in [6.07, 6.45) is -0.184. The number of β-amino-alcohol motifs (C(OH)–C–C–N with tert-alkyl or cyclic N) is 1. The highest BCUT2D eigenvalue weighted by Gasteiger charge is 2.39. The Hall–Kier alpha value is -1.49. The van der Waals surface area contributed by atoms with Crippen LogP contribution >= 0.6 is 0 Å². The molecule has 9 nitrogen and oxygen atoms in total. The molecule has 0 saturated carbocycles. The van der Waals surface area contributed by atoms with Crippen molar-refractivity contribution in [1.82, 2.24) is 19.4 Å². The first-order valence-electron chi connectivity index (χ1n) is 7.81. The van der Waals surface area contributed by atoms with Gasteiger partial charge in [0.05, 0.1) is 25.1 Å². The van der Waals surface area contributed by atoms with Crippen LogP contribution in [0.2, 0.25) is 0 Å². The van der Waals surface area contributed by atoms with Gasteiger partial charge in [-0.25, -0.2) is 12.7 Å².